The summed E-state index contributed by atoms with van der Waals surface area (Å²) in [6.07, 6.45) is -0.519. The third-order valence-corrected chi connectivity index (χ3v) is 2.34. The van der Waals surface area contributed by atoms with Gasteiger partial charge in [-0.2, -0.15) is 0 Å². The van der Waals surface area contributed by atoms with Gasteiger partial charge in [0.25, 0.3) is 0 Å². The standard InChI is InChI=1S/C7H12BF3NO.K/c1-5-3-6(2)12(7(5)13)4-8(9,10)11;/h5-6H,3-4H2,1-2H3;/q-1;+1. The van der Waals surface area contributed by atoms with Gasteiger partial charge in [0.1, 0.15) is 0 Å². The predicted molar refractivity (Wildman–Crippen MR) is 44.0 cm³/mol. The maximum absolute atomic E-state index is 12.0. The number of nitrogens with zero attached hydrogens (tertiary/aromatic N) is 1. The zero-order valence-corrected chi connectivity index (χ0v) is 11.8. The minimum absolute atomic E-state index is 0. The Morgan fingerprint density at radius 1 is 1.43 bits per heavy atom. The summed E-state index contributed by atoms with van der Waals surface area (Å²) >= 11 is 0. The molecule has 14 heavy (non-hydrogen) atoms. The van der Waals surface area contributed by atoms with E-state index in [-0.39, 0.29) is 69.3 Å². The van der Waals surface area contributed by atoms with Crippen LogP contribution in [0.1, 0.15) is 20.3 Å². The first-order chi connectivity index (χ1) is 5.81. The number of hydrogen-bond donors (Lipinski definition) is 0. The van der Waals surface area contributed by atoms with E-state index in [1.54, 1.807) is 13.8 Å². The van der Waals surface area contributed by atoms with E-state index in [0.29, 0.717) is 6.42 Å². The maximum Gasteiger partial charge on any atom is 1.00 e. The third kappa shape index (κ3) is 3.84. The van der Waals surface area contributed by atoms with Crippen LogP contribution in [0.25, 0.3) is 0 Å². The number of halogens is 3. The Morgan fingerprint density at radius 2 is 1.93 bits per heavy atom. The molecule has 1 aliphatic rings. The molecule has 0 saturated carbocycles. The molecule has 1 amide bonds. The molecule has 1 rings (SSSR count). The van der Waals surface area contributed by atoms with Crippen molar-refractivity contribution < 1.29 is 69.1 Å². The van der Waals surface area contributed by atoms with E-state index >= 15 is 0 Å². The number of carbonyl (C=O) groups excluding carboxylic acids is 1. The van der Waals surface area contributed by atoms with Crippen LogP contribution in [0.2, 0.25) is 0 Å². The van der Waals surface area contributed by atoms with Gasteiger partial charge in [-0.25, -0.2) is 0 Å². The van der Waals surface area contributed by atoms with Crippen molar-refractivity contribution in [3.63, 3.8) is 0 Å². The monoisotopic (exact) mass is 233 g/mol. The second-order valence-electron chi connectivity index (χ2n) is 3.69. The summed E-state index contributed by atoms with van der Waals surface area (Å²) in [7, 11) is 0. The van der Waals surface area contributed by atoms with Crippen LogP contribution in [-0.4, -0.2) is 30.3 Å². The van der Waals surface area contributed by atoms with E-state index in [1.165, 1.54) is 0 Å². The van der Waals surface area contributed by atoms with Gasteiger partial charge < -0.3 is 17.8 Å². The van der Waals surface area contributed by atoms with Gasteiger partial charge in [-0.3, -0.25) is 4.79 Å². The van der Waals surface area contributed by atoms with Crippen LogP contribution in [0, 0.1) is 5.92 Å². The molecule has 0 aliphatic carbocycles. The second kappa shape index (κ2) is 5.34. The molecule has 0 bridgehead atoms. The third-order valence-electron chi connectivity index (χ3n) is 2.34. The molecule has 7 heteroatoms. The van der Waals surface area contributed by atoms with Crippen LogP contribution in [0.5, 0.6) is 0 Å². The minimum atomic E-state index is -4.89. The molecule has 1 heterocycles. The van der Waals surface area contributed by atoms with Crippen molar-refractivity contribution in [2.24, 2.45) is 5.92 Å². The van der Waals surface area contributed by atoms with E-state index in [1.807, 2.05) is 0 Å². The van der Waals surface area contributed by atoms with Crippen molar-refractivity contribution in [1.29, 1.82) is 0 Å². The van der Waals surface area contributed by atoms with Gasteiger partial charge >= 0.3 is 58.4 Å². The van der Waals surface area contributed by atoms with Gasteiger partial charge in [0, 0.05) is 12.0 Å². The second-order valence-corrected chi connectivity index (χ2v) is 3.69. The Hall–Kier alpha value is 0.961. The number of hydrogen-bond acceptors (Lipinski definition) is 1. The largest absolute Gasteiger partial charge is 1.00 e. The topological polar surface area (TPSA) is 20.3 Å². The first kappa shape index (κ1) is 15.0. The van der Waals surface area contributed by atoms with Gasteiger partial charge in [-0.15, -0.1) is 0 Å². The fourth-order valence-corrected chi connectivity index (χ4v) is 1.73. The van der Waals surface area contributed by atoms with Crippen LogP contribution in [0.3, 0.4) is 0 Å². The van der Waals surface area contributed by atoms with Crippen molar-refractivity contribution >= 4 is 12.9 Å². The molecule has 0 aromatic rings. The molecule has 0 aromatic carbocycles. The molecule has 2 atom stereocenters. The van der Waals surface area contributed by atoms with E-state index in [9.17, 15) is 17.7 Å². The van der Waals surface area contributed by atoms with E-state index < -0.39 is 13.4 Å². The molecule has 1 saturated heterocycles. The average molecular weight is 233 g/mol. The van der Waals surface area contributed by atoms with Crippen LogP contribution in [0.4, 0.5) is 12.9 Å². The molecular weight excluding hydrogens is 221 g/mol. The summed E-state index contributed by atoms with van der Waals surface area (Å²) in [5.74, 6) is -0.625. The Labute approximate surface area is 124 Å². The predicted octanol–water partition coefficient (Wildman–Crippen LogP) is -1.37. The Bertz CT molecular complexity index is 223. The van der Waals surface area contributed by atoms with Crippen molar-refractivity contribution in [2.75, 3.05) is 6.44 Å². The fourth-order valence-electron chi connectivity index (χ4n) is 1.73. The van der Waals surface area contributed by atoms with E-state index in [2.05, 4.69) is 0 Å². The quantitative estimate of drug-likeness (QED) is 0.539. The summed E-state index contributed by atoms with van der Waals surface area (Å²) in [5.41, 5.74) is 0. The summed E-state index contributed by atoms with van der Waals surface area (Å²) in [4.78, 5) is 12.2. The fraction of sp³-hybridized carbons (Fsp3) is 0.857. The minimum Gasteiger partial charge on any atom is -0.448 e. The first-order valence-corrected chi connectivity index (χ1v) is 4.32. The average Bonchev–Trinajstić information content (AvgIpc) is 2.14. The molecule has 0 spiro atoms. The molecule has 76 valence electrons. The Kier molecular flexibility index (Phi) is 5.70. The van der Waals surface area contributed by atoms with Crippen molar-refractivity contribution in [1.82, 2.24) is 4.90 Å². The summed E-state index contributed by atoms with van der Waals surface area (Å²) in [5, 5.41) is 0. The summed E-state index contributed by atoms with van der Waals surface area (Å²) in [6.45, 7) is -1.56. The molecule has 0 N–H and O–H groups in total. The smallest absolute Gasteiger partial charge is 0.448 e. The molecular formula is C7H12BF3KNO. The van der Waals surface area contributed by atoms with Gasteiger partial charge in [0.05, 0.1) is 0 Å². The van der Waals surface area contributed by atoms with Gasteiger partial charge in [0.15, 0.2) is 0 Å². The molecule has 2 unspecified atom stereocenters. The summed E-state index contributed by atoms with van der Waals surface area (Å²) in [6, 6.07) is -0.272. The van der Waals surface area contributed by atoms with Crippen molar-refractivity contribution in [3.8, 4) is 0 Å². The number of rotatable bonds is 2. The van der Waals surface area contributed by atoms with Crippen molar-refractivity contribution in [2.45, 2.75) is 26.3 Å². The molecule has 0 radical (unpaired) electrons. The van der Waals surface area contributed by atoms with Gasteiger partial charge in [-0.1, -0.05) is 6.92 Å². The van der Waals surface area contributed by atoms with Crippen LogP contribution < -0.4 is 51.4 Å². The zero-order chi connectivity index (χ0) is 10.2. The molecule has 2 nitrogen and oxygen atoms in total. The Morgan fingerprint density at radius 3 is 2.21 bits per heavy atom. The van der Waals surface area contributed by atoms with Crippen LogP contribution in [0.15, 0.2) is 0 Å². The van der Waals surface area contributed by atoms with Crippen molar-refractivity contribution in [3.05, 3.63) is 0 Å². The maximum atomic E-state index is 12.0. The Balaban J connectivity index is 0.00000169. The first-order valence-electron chi connectivity index (χ1n) is 4.32. The van der Waals surface area contributed by atoms with E-state index in [4.69, 9.17) is 0 Å². The van der Waals surface area contributed by atoms with Gasteiger partial charge in [-0.05, 0) is 19.8 Å². The molecule has 1 aliphatic heterocycles. The zero-order valence-electron chi connectivity index (χ0n) is 8.64. The number of carbonyl (C=O) groups is 1. The number of likely N-dealkylation sites (tertiary alicyclic amines) is 1. The van der Waals surface area contributed by atoms with Crippen LogP contribution in [-0.2, 0) is 4.79 Å². The van der Waals surface area contributed by atoms with Gasteiger partial charge in [0.2, 0.25) is 5.91 Å². The number of amides is 1. The van der Waals surface area contributed by atoms with E-state index in [0.717, 1.165) is 4.90 Å². The normalized spacial score (nSPS) is 27.8. The summed E-state index contributed by atoms with van der Waals surface area (Å²) < 4.78 is 36.1. The molecule has 1 fully saturated rings. The van der Waals surface area contributed by atoms with Crippen LogP contribution >= 0.6 is 0 Å². The SMILES string of the molecule is CC1CC(C)N(C[B-](F)(F)F)C1=O.[K+]. The molecule has 0 aromatic heterocycles.